The van der Waals surface area contributed by atoms with Crippen LogP contribution in [0, 0.1) is 5.82 Å². The predicted molar refractivity (Wildman–Crippen MR) is 76.6 cm³/mol. The van der Waals surface area contributed by atoms with Crippen molar-refractivity contribution >= 4 is 38.9 Å². The molecule has 1 heterocycles. The first kappa shape index (κ1) is 12.9. The largest absolute Gasteiger partial charge is 0.345 e. The smallest absolute Gasteiger partial charge is 0.261 e. The van der Waals surface area contributed by atoms with E-state index in [-0.39, 0.29) is 17.3 Å². The van der Waals surface area contributed by atoms with Gasteiger partial charge in [0.05, 0.1) is 10.4 Å². The number of halogens is 2. The highest BCUT2D eigenvalue weighted by atomic mass is 35.5. The number of amides is 1. The zero-order valence-electron chi connectivity index (χ0n) is 10.2. The Morgan fingerprint density at radius 1 is 1.42 bits per heavy atom. The number of carbonyl (C=O) groups is 1. The molecule has 1 aromatic heterocycles. The molecule has 2 aromatic rings. The lowest BCUT2D eigenvalue weighted by Gasteiger charge is -2.40. The van der Waals surface area contributed by atoms with Gasteiger partial charge in [0.15, 0.2) is 0 Å². The Bertz CT molecular complexity index is 630. The van der Waals surface area contributed by atoms with E-state index in [0.717, 1.165) is 29.3 Å². The lowest BCUT2D eigenvalue weighted by Crippen LogP contribution is -2.54. The fourth-order valence-corrected chi connectivity index (χ4v) is 3.63. The molecule has 1 aliphatic carbocycles. The van der Waals surface area contributed by atoms with Crippen LogP contribution in [0.1, 0.15) is 28.9 Å². The third kappa shape index (κ3) is 2.35. The van der Waals surface area contributed by atoms with E-state index in [1.54, 1.807) is 12.1 Å². The van der Waals surface area contributed by atoms with Gasteiger partial charge in [-0.15, -0.1) is 22.9 Å². The maximum Gasteiger partial charge on any atom is 0.261 e. The van der Waals surface area contributed by atoms with Crippen molar-refractivity contribution in [2.24, 2.45) is 0 Å². The van der Waals surface area contributed by atoms with Crippen LogP contribution in [0.4, 0.5) is 4.39 Å². The van der Waals surface area contributed by atoms with Crippen LogP contribution in [0.15, 0.2) is 24.3 Å². The first-order valence-electron chi connectivity index (χ1n) is 6.19. The minimum atomic E-state index is -0.280. The number of carbonyl (C=O) groups excluding carboxylic acids is 1. The summed E-state index contributed by atoms with van der Waals surface area (Å²) in [6.07, 6.45) is 2.97. The van der Waals surface area contributed by atoms with E-state index in [9.17, 15) is 9.18 Å². The number of rotatable bonds is 3. The first-order chi connectivity index (χ1) is 9.12. The summed E-state index contributed by atoms with van der Waals surface area (Å²) in [5, 5.41) is 3.91. The normalized spacial score (nSPS) is 17.2. The molecule has 3 rings (SSSR count). The summed E-state index contributed by atoms with van der Waals surface area (Å²) in [4.78, 5) is 12.8. The average molecular weight is 298 g/mol. The molecular weight excluding hydrogens is 285 g/mol. The topological polar surface area (TPSA) is 29.1 Å². The summed E-state index contributed by atoms with van der Waals surface area (Å²) in [5.74, 6) is 0.0534. The molecule has 1 N–H and O–H groups in total. The van der Waals surface area contributed by atoms with Crippen LogP contribution >= 0.6 is 22.9 Å². The molecule has 0 bridgehead atoms. The number of thiophene rings is 1. The molecule has 100 valence electrons. The summed E-state index contributed by atoms with van der Waals surface area (Å²) < 4.78 is 13.9. The first-order valence-corrected chi connectivity index (χ1v) is 7.55. The van der Waals surface area contributed by atoms with Gasteiger partial charge < -0.3 is 5.32 Å². The van der Waals surface area contributed by atoms with Gasteiger partial charge in [0, 0.05) is 10.6 Å². The van der Waals surface area contributed by atoms with Crippen LogP contribution in [0.5, 0.6) is 0 Å². The van der Waals surface area contributed by atoms with Crippen molar-refractivity contribution in [2.45, 2.75) is 24.8 Å². The summed E-state index contributed by atoms with van der Waals surface area (Å²) in [6.45, 7) is 0. The van der Waals surface area contributed by atoms with E-state index < -0.39 is 0 Å². The maximum absolute atomic E-state index is 13.1. The molecule has 1 aliphatic rings. The minimum Gasteiger partial charge on any atom is -0.345 e. The highest BCUT2D eigenvalue weighted by molar-refractivity contribution is 7.20. The van der Waals surface area contributed by atoms with Crippen LogP contribution < -0.4 is 5.32 Å². The number of fused-ring (bicyclic) bond motifs is 1. The lowest BCUT2D eigenvalue weighted by molar-refractivity contribution is 0.0858. The number of alkyl halides is 1. The molecule has 0 unspecified atom stereocenters. The van der Waals surface area contributed by atoms with Crippen LogP contribution in [0.25, 0.3) is 10.1 Å². The van der Waals surface area contributed by atoms with Crippen molar-refractivity contribution < 1.29 is 9.18 Å². The Kier molecular flexibility index (Phi) is 3.23. The summed E-state index contributed by atoms with van der Waals surface area (Å²) >= 11 is 7.24. The van der Waals surface area contributed by atoms with E-state index in [1.165, 1.54) is 23.5 Å². The molecule has 1 saturated carbocycles. The second-order valence-electron chi connectivity index (χ2n) is 5.01. The minimum absolute atomic E-state index is 0.109. The quantitative estimate of drug-likeness (QED) is 0.855. The van der Waals surface area contributed by atoms with Gasteiger partial charge in [-0.05, 0) is 42.8 Å². The van der Waals surface area contributed by atoms with E-state index in [0.29, 0.717) is 10.8 Å². The van der Waals surface area contributed by atoms with Crippen molar-refractivity contribution in [2.75, 3.05) is 5.88 Å². The molecule has 0 spiro atoms. The fraction of sp³-hybridized carbons (Fsp3) is 0.357. The Balaban J connectivity index is 1.85. The molecule has 2 nitrogen and oxygen atoms in total. The van der Waals surface area contributed by atoms with Crippen molar-refractivity contribution in [3.05, 3.63) is 35.0 Å². The highest BCUT2D eigenvalue weighted by Gasteiger charge is 2.37. The second kappa shape index (κ2) is 4.76. The summed E-state index contributed by atoms with van der Waals surface area (Å²) in [6, 6.07) is 6.36. The van der Waals surface area contributed by atoms with Gasteiger partial charge in [-0.3, -0.25) is 4.79 Å². The van der Waals surface area contributed by atoms with E-state index in [1.807, 2.05) is 0 Å². The molecule has 0 radical (unpaired) electrons. The van der Waals surface area contributed by atoms with Gasteiger partial charge in [-0.1, -0.05) is 6.07 Å². The van der Waals surface area contributed by atoms with E-state index in [2.05, 4.69) is 5.32 Å². The van der Waals surface area contributed by atoms with Crippen molar-refractivity contribution in [1.29, 1.82) is 0 Å². The Labute approximate surface area is 119 Å². The Hall–Kier alpha value is -1.13. The standard InChI is InChI=1S/C14H13ClFNOS/c15-8-14(4-1-5-14)17-13(18)12-6-9-2-3-10(16)7-11(9)19-12/h2-3,6-7H,1,4-5,8H2,(H,17,18). The number of hydrogen-bond donors (Lipinski definition) is 1. The molecule has 0 atom stereocenters. The molecule has 5 heteroatoms. The van der Waals surface area contributed by atoms with Gasteiger partial charge in [-0.25, -0.2) is 4.39 Å². The average Bonchev–Trinajstić information content (AvgIpc) is 2.76. The SMILES string of the molecule is O=C(NC1(CCl)CCC1)c1cc2ccc(F)cc2s1. The molecular formula is C14H13ClFNOS. The molecule has 1 amide bonds. The van der Waals surface area contributed by atoms with Crippen LogP contribution in [0.2, 0.25) is 0 Å². The fourth-order valence-electron chi connectivity index (χ4n) is 2.31. The second-order valence-corrected chi connectivity index (χ2v) is 6.37. The Morgan fingerprint density at radius 2 is 2.21 bits per heavy atom. The third-order valence-corrected chi connectivity index (χ3v) is 5.26. The number of nitrogens with one attached hydrogen (secondary N) is 1. The van der Waals surface area contributed by atoms with E-state index >= 15 is 0 Å². The molecule has 0 aliphatic heterocycles. The van der Waals surface area contributed by atoms with E-state index in [4.69, 9.17) is 11.6 Å². The zero-order valence-corrected chi connectivity index (χ0v) is 11.8. The van der Waals surface area contributed by atoms with Crippen molar-refractivity contribution in [3.8, 4) is 0 Å². The van der Waals surface area contributed by atoms with Gasteiger partial charge in [0.2, 0.25) is 0 Å². The van der Waals surface area contributed by atoms with Crippen LogP contribution in [-0.2, 0) is 0 Å². The van der Waals surface area contributed by atoms with Gasteiger partial charge in [0.1, 0.15) is 5.82 Å². The van der Waals surface area contributed by atoms with Crippen LogP contribution in [0.3, 0.4) is 0 Å². The van der Waals surface area contributed by atoms with Gasteiger partial charge in [0.25, 0.3) is 5.91 Å². The zero-order chi connectivity index (χ0) is 13.5. The maximum atomic E-state index is 13.1. The van der Waals surface area contributed by atoms with Crippen LogP contribution in [-0.4, -0.2) is 17.3 Å². The Morgan fingerprint density at radius 3 is 2.84 bits per heavy atom. The molecule has 1 aromatic carbocycles. The number of benzene rings is 1. The van der Waals surface area contributed by atoms with Crippen molar-refractivity contribution in [1.82, 2.24) is 5.32 Å². The molecule has 1 fully saturated rings. The molecule has 0 saturated heterocycles. The monoisotopic (exact) mass is 297 g/mol. The lowest BCUT2D eigenvalue weighted by atomic mass is 9.78. The van der Waals surface area contributed by atoms with Gasteiger partial charge in [-0.2, -0.15) is 0 Å². The molecule has 19 heavy (non-hydrogen) atoms. The third-order valence-electron chi connectivity index (χ3n) is 3.65. The number of hydrogen-bond acceptors (Lipinski definition) is 2. The highest BCUT2D eigenvalue weighted by Crippen LogP contribution is 2.34. The summed E-state index contributed by atoms with van der Waals surface area (Å²) in [7, 11) is 0. The predicted octanol–water partition coefficient (Wildman–Crippen LogP) is 3.93. The van der Waals surface area contributed by atoms with Gasteiger partial charge >= 0.3 is 0 Å². The van der Waals surface area contributed by atoms with Crippen molar-refractivity contribution in [3.63, 3.8) is 0 Å². The summed E-state index contributed by atoms with van der Waals surface area (Å²) in [5.41, 5.74) is -0.236.